The average Bonchev–Trinajstić information content (AvgIpc) is 2.49. The topological polar surface area (TPSA) is 32.3 Å². The minimum atomic E-state index is 0.583. The number of pyridine rings is 2. The fraction of sp³-hybridized carbons (Fsp3) is 0.286. The maximum absolute atomic E-state index is 6.14. The first-order chi connectivity index (χ1) is 9.34. The molecule has 1 saturated heterocycles. The number of aromatic nitrogens is 2. The normalized spacial score (nSPS) is 15.6. The van der Waals surface area contributed by atoms with E-state index in [2.05, 4.69) is 19.8 Å². The molecule has 0 spiro atoms. The zero-order valence-corrected chi connectivity index (χ0v) is 11.3. The second-order valence-corrected chi connectivity index (χ2v) is 4.85. The van der Waals surface area contributed by atoms with E-state index in [0.29, 0.717) is 5.15 Å². The molecule has 0 amide bonds. The summed E-state index contributed by atoms with van der Waals surface area (Å²) in [5, 5.41) is 0.583. The lowest BCUT2D eigenvalue weighted by Crippen LogP contribution is -2.46. The molecule has 0 aromatic carbocycles. The summed E-state index contributed by atoms with van der Waals surface area (Å²) in [6.45, 7) is 3.87. The molecule has 1 aliphatic heterocycles. The fourth-order valence-electron chi connectivity index (χ4n) is 2.37. The lowest BCUT2D eigenvalue weighted by Gasteiger charge is -2.37. The second kappa shape index (κ2) is 5.45. The quantitative estimate of drug-likeness (QED) is 0.788. The van der Waals surface area contributed by atoms with Crippen LogP contribution in [0.5, 0.6) is 0 Å². The van der Waals surface area contributed by atoms with Gasteiger partial charge in [-0.15, -0.1) is 0 Å². The van der Waals surface area contributed by atoms with E-state index in [0.717, 1.165) is 31.9 Å². The molecule has 98 valence electrons. The van der Waals surface area contributed by atoms with Crippen molar-refractivity contribution in [2.24, 2.45) is 0 Å². The van der Waals surface area contributed by atoms with Crippen LogP contribution in [-0.4, -0.2) is 36.1 Å². The number of halogens is 1. The van der Waals surface area contributed by atoms with Gasteiger partial charge in [-0.05, 0) is 24.3 Å². The summed E-state index contributed by atoms with van der Waals surface area (Å²) < 4.78 is 0. The van der Waals surface area contributed by atoms with Crippen LogP contribution in [0.4, 0.5) is 11.4 Å². The molecule has 0 unspecified atom stereocenters. The first kappa shape index (κ1) is 12.2. The van der Waals surface area contributed by atoms with Crippen LogP contribution in [-0.2, 0) is 0 Å². The molecule has 4 nitrogen and oxygen atoms in total. The number of anilines is 2. The molecule has 0 N–H and O–H groups in total. The van der Waals surface area contributed by atoms with Crippen LogP contribution in [0.2, 0.25) is 5.15 Å². The van der Waals surface area contributed by atoms with Gasteiger partial charge in [0.05, 0.1) is 5.69 Å². The Morgan fingerprint density at radius 1 is 0.895 bits per heavy atom. The monoisotopic (exact) mass is 274 g/mol. The highest BCUT2D eigenvalue weighted by Crippen LogP contribution is 2.25. The average molecular weight is 275 g/mol. The highest BCUT2D eigenvalue weighted by molar-refractivity contribution is 6.32. The van der Waals surface area contributed by atoms with Gasteiger partial charge in [-0.3, -0.25) is 4.98 Å². The van der Waals surface area contributed by atoms with Crippen LogP contribution < -0.4 is 9.80 Å². The van der Waals surface area contributed by atoms with Gasteiger partial charge in [-0.25, -0.2) is 4.98 Å². The summed E-state index contributed by atoms with van der Waals surface area (Å²) in [6, 6.07) is 8.05. The van der Waals surface area contributed by atoms with E-state index >= 15 is 0 Å². The molecule has 0 radical (unpaired) electrons. The van der Waals surface area contributed by atoms with Crippen molar-refractivity contribution < 1.29 is 0 Å². The van der Waals surface area contributed by atoms with Crippen molar-refractivity contribution in [3.05, 3.63) is 48.0 Å². The Kier molecular flexibility index (Phi) is 3.51. The Balaban J connectivity index is 1.69. The standard InChI is InChI=1S/C14H15ClN4/c15-14-13(2-1-5-17-14)19-10-8-18(9-11-19)12-3-6-16-7-4-12/h1-7H,8-11H2. The van der Waals surface area contributed by atoms with E-state index in [4.69, 9.17) is 11.6 Å². The molecule has 2 aromatic heterocycles. The summed E-state index contributed by atoms with van der Waals surface area (Å²) in [5.74, 6) is 0. The molecule has 0 saturated carbocycles. The van der Waals surface area contributed by atoms with Crippen molar-refractivity contribution in [3.8, 4) is 0 Å². The zero-order chi connectivity index (χ0) is 13.1. The van der Waals surface area contributed by atoms with Gasteiger partial charge < -0.3 is 9.80 Å². The van der Waals surface area contributed by atoms with Crippen LogP contribution in [0.1, 0.15) is 0 Å². The molecule has 0 bridgehead atoms. The van der Waals surface area contributed by atoms with Crippen molar-refractivity contribution in [1.82, 2.24) is 9.97 Å². The van der Waals surface area contributed by atoms with Crippen LogP contribution in [0.3, 0.4) is 0 Å². The predicted octanol–water partition coefficient (Wildman–Crippen LogP) is 2.46. The number of piperazine rings is 1. The van der Waals surface area contributed by atoms with E-state index in [1.54, 1.807) is 6.20 Å². The van der Waals surface area contributed by atoms with Crippen molar-refractivity contribution in [2.45, 2.75) is 0 Å². The van der Waals surface area contributed by atoms with Crippen molar-refractivity contribution in [1.29, 1.82) is 0 Å². The third-order valence-electron chi connectivity index (χ3n) is 3.39. The zero-order valence-electron chi connectivity index (χ0n) is 10.5. The Bertz CT molecular complexity index is 538. The highest BCUT2D eigenvalue weighted by atomic mass is 35.5. The minimum Gasteiger partial charge on any atom is -0.368 e. The molecular weight excluding hydrogens is 260 g/mol. The van der Waals surface area contributed by atoms with Gasteiger partial charge in [0, 0.05) is 50.5 Å². The van der Waals surface area contributed by atoms with Gasteiger partial charge in [-0.1, -0.05) is 11.6 Å². The summed E-state index contributed by atoms with van der Waals surface area (Å²) in [5.41, 5.74) is 2.26. The summed E-state index contributed by atoms with van der Waals surface area (Å²) in [7, 11) is 0. The first-order valence-electron chi connectivity index (χ1n) is 6.35. The van der Waals surface area contributed by atoms with E-state index in [1.807, 2.05) is 36.7 Å². The van der Waals surface area contributed by atoms with Crippen molar-refractivity contribution >= 4 is 23.0 Å². The van der Waals surface area contributed by atoms with E-state index in [1.165, 1.54) is 5.69 Å². The number of nitrogens with zero attached hydrogens (tertiary/aromatic N) is 4. The fourth-order valence-corrected chi connectivity index (χ4v) is 2.61. The number of hydrogen-bond donors (Lipinski definition) is 0. The number of hydrogen-bond acceptors (Lipinski definition) is 4. The molecule has 0 atom stereocenters. The smallest absolute Gasteiger partial charge is 0.152 e. The van der Waals surface area contributed by atoms with Gasteiger partial charge in [0.2, 0.25) is 0 Å². The van der Waals surface area contributed by atoms with E-state index < -0.39 is 0 Å². The summed E-state index contributed by atoms with van der Waals surface area (Å²) in [4.78, 5) is 12.8. The Morgan fingerprint density at radius 3 is 2.26 bits per heavy atom. The summed E-state index contributed by atoms with van der Waals surface area (Å²) >= 11 is 6.14. The molecular formula is C14H15ClN4. The molecule has 3 heterocycles. The Hall–Kier alpha value is -1.81. The first-order valence-corrected chi connectivity index (χ1v) is 6.73. The van der Waals surface area contributed by atoms with Crippen LogP contribution >= 0.6 is 11.6 Å². The van der Waals surface area contributed by atoms with Crippen LogP contribution in [0.25, 0.3) is 0 Å². The molecule has 0 aliphatic carbocycles. The predicted molar refractivity (Wildman–Crippen MR) is 77.9 cm³/mol. The highest BCUT2D eigenvalue weighted by Gasteiger charge is 2.19. The molecule has 3 rings (SSSR count). The Labute approximate surface area is 117 Å². The third-order valence-corrected chi connectivity index (χ3v) is 3.68. The van der Waals surface area contributed by atoms with Gasteiger partial charge in [0.1, 0.15) is 0 Å². The van der Waals surface area contributed by atoms with Crippen molar-refractivity contribution in [3.63, 3.8) is 0 Å². The van der Waals surface area contributed by atoms with E-state index in [-0.39, 0.29) is 0 Å². The maximum atomic E-state index is 6.14. The second-order valence-electron chi connectivity index (χ2n) is 4.49. The van der Waals surface area contributed by atoms with Crippen LogP contribution in [0.15, 0.2) is 42.9 Å². The molecule has 5 heteroatoms. The number of rotatable bonds is 2. The Morgan fingerprint density at radius 2 is 1.58 bits per heavy atom. The molecule has 2 aromatic rings. The largest absolute Gasteiger partial charge is 0.368 e. The third kappa shape index (κ3) is 2.63. The van der Waals surface area contributed by atoms with Gasteiger partial charge in [0.15, 0.2) is 5.15 Å². The van der Waals surface area contributed by atoms with Crippen LogP contribution in [0, 0.1) is 0 Å². The lowest BCUT2D eigenvalue weighted by atomic mass is 10.2. The minimum absolute atomic E-state index is 0.583. The van der Waals surface area contributed by atoms with Crippen molar-refractivity contribution in [2.75, 3.05) is 36.0 Å². The van der Waals surface area contributed by atoms with Gasteiger partial charge in [0.25, 0.3) is 0 Å². The summed E-state index contributed by atoms with van der Waals surface area (Å²) in [6.07, 6.45) is 5.39. The SMILES string of the molecule is Clc1ncccc1N1CCN(c2ccncc2)CC1. The molecule has 1 fully saturated rings. The molecule has 1 aliphatic rings. The van der Waals surface area contributed by atoms with E-state index in [9.17, 15) is 0 Å². The lowest BCUT2D eigenvalue weighted by molar-refractivity contribution is 0.652. The molecule has 19 heavy (non-hydrogen) atoms. The maximum Gasteiger partial charge on any atom is 0.152 e. The van der Waals surface area contributed by atoms with Gasteiger partial charge in [-0.2, -0.15) is 0 Å². The van der Waals surface area contributed by atoms with Gasteiger partial charge >= 0.3 is 0 Å².